The highest BCUT2D eigenvalue weighted by Gasteiger charge is 2.17. The third-order valence-corrected chi connectivity index (χ3v) is 3.29. The molecule has 1 nitrogen and oxygen atoms in total. The summed E-state index contributed by atoms with van der Waals surface area (Å²) >= 11 is 0. The van der Waals surface area contributed by atoms with Gasteiger partial charge in [0.15, 0.2) is 0 Å². The summed E-state index contributed by atoms with van der Waals surface area (Å²) < 4.78 is 13.0. The summed E-state index contributed by atoms with van der Waals surface area (Å²) in [4.78, 5) is 0. The van der Waals surface area contributed by atoms with E-state index in [-0.39, 0.29) is 11.9 Å². The van der Waals surface area contributed by atoms with Gasteiger partial charge in [0.2, 0.25) is 0 Å². The van der Waals surface area contributed by atoms with E-state index < -0.39 is 0 Å². The third-order valence-electron chi connectivity index (χ3n) is 3.29. The van der Waals surface area contributed by atoms with Crippen LogP contribution in [0.25, 0.3) is 0 Å². The van der Waals surface area contributed by atoms with Crippen molar-refractivity contribution < 1.29 is 4.39 Å². The van der Waals surface area contributed by atoms with Crippen molar-refractivity contribution in [3.63, 3.8) is 0 Å². The van der Waals surface area contributed by atoms with Crippen molar-refractivity contribution in [1.82, 2.24) is 5.32 Å². The Kier molecular flexibility index (Phi) is 3.37. The highest BCUT2D eigenvalue weighted by atomic mass is 19.1. The molecule has 15 heavy (non-hydrogen) atoms. The van der Waals surface area contributed by atoms with Crippen molar-refractivity contribution in [3.8, 4) is 0 Å². The molecule has 0 aromatic heterocycles. The summed E-state index contributed by atoms with van der Waals surface area (Å²) in [7, 11) is 0. The minimum atomic E-state index is -0.148. The van der Waals surface area contributed by atoms with Crippen LogP contribution < -0.4 is 5.32 Å². The standard InChI is InChI=1S/C13H18FN/c1-10(15-9-11-4-2-5-11)12-6-3-7-13(14)8-12/h3,6-8,10-11,15H,2,4-5,9H2,1H3/t10-/m1/s1. The molecule has 0 saturated heterocycles. The molecule has 1 N–H and O–H groups in total. The van der Waals surface area contributed by atoms with E-state index in [1.54, 1.807) is 12.1 Å². The Labute approximate surface area is 90.7 Å². The predicted octanol–water partition coefficient (Wildman–Crippen LogP) is 3.28. The first-order valence-electron chi connectivity index (χ1n) is 5.74. The largest absolute Gasteiger partial charge is 0.310 e. The zero-order valence-corrected chi connectivity index (χ0v) is 9.17. The quantitative estimate of drug-likeness (QED) is 0.799. The van der Waals surface area contributed by atoms with E-state index in [0.29, 0.717) is 0 Å². The summed E-state index contributed by atoms with van der Waals surface area (Å²) in [5.74, 6) is 0.700. The molecule has 1 aliphatic carbocycles. The number of rotatable bonds is 4. The van der Waals surface area contributed by atoms with E-state index in [2.05, 4.69) is 12.2 Å². The van der Waals surface area contributed by atoms with Gasteiger partial charge < -0.3 is 5.32 Å². The van der Waals surface area contributed by atoms with Gasteiger partial charge in [0.1, 0.15) is 5.82 Å². The molecule has 1 aromatic rings. The summed E-state index contributed by atoms with van der Waals surface area (Å²) in [6.07, 6.45) is 4.08. The number of hydrogen-bond acceptors (Lipinski definition) is 1. The van der Waals surface area contributed by atoms with Crippen LogP contribution >= 0.6 is 0 Å². The van der Waals surface area contributed by atoms with E-state index in [1.165, 1.54) is 25.3 Å². The maximum Gasteiger partial charge on any atom is 0.123 e. The smallest absolute Gasteiger partial charge is 0.123 e. The Balaban J connectivity index is 1.86. The SMILES string of the molecule is C[C@@H](NCC1CCC1)c1cccc(F)c1. The van der Waals surface area contributed by atoms with Crippen molar-refractivity contribution in [1.29, 1.82) is 0 Å². The molecule has 82 valence electrons. The fraction of sp³-hybridized carbons (Fsp3) is 0.538. The van der Waals surface area contributed by atoms with Gasteiger partial charge in [0, 0.05) is 6.04 Å². The molecule has 2 rings (SSSR count). The van der Waals surface area contributed by atoms with Gasteiger partial charge in [-0.2, -0.15) is 0 Å². The second-order valence-corrected chi connectivity index (χ2v) is 4.48. The summed E-state index contributed by atoms with van der Waals surface area (Å²) in [5, 5.41) is 3.46. The lowest BCUT2D eigenvalue weighted by Gasteiger charge is -2.27. The van der Waals surface area contributed by atoms with Crippen LogP contribution in [0.4, 0.5) is 4.39 Å². The first-order valence-corrected chi connectivity index (χ1v) is 5.74. The average molecular weight is 207 g/mol. The van der Waals surface area contributed by atoms with Gasteiger partial charge in [0.05, 0.1) is 0 Å². The van der Waals surface area contributed by atoms with Crippen LogP contribution in [0.3, 0.4) is 0 Å². The topological polar surface area (TPSA) is 12.0 Å². The Morgan fingerprint density at radius 2 is 2.27 bits per heavy atom. The molecular formula is C13H18FN. The highest BCUT2D eigenvalue weighted by molar-refractivity contribution is 5.19. The summed E-state index contributed by atoms with van der Waals surface area (Å²) in [6, 6.07) is 7.09. The summed E-state index contributed by atoms with van der Waals surface area (Å²) in [5.41, 5.74) is 1.04. The van der Waals surface area contributed by atoms with E-state index in [9.17, 15) is 4.39 Å². The second kappa shape index (κ2) is 4.75. The van der Waals surface area contributed by atoms with E-state index >= 15 is 0 Å². The van der Waals surface area contributed by atoms with Crippen LogP contribution in [0, 0.1) is 11.7 Å². The number of hydrogen-bond donors (Lipinski definition) is 1. The lowest BCUT2D eigenvalue weighted by Crippen LogP contribution is -2.29. The van der Waals surface area contributed by atoms with Crippen molar-refractivity contribution in [2.24, 2.45) is 5.92 Å². The molecule has 0 spiro atoms. The van der Waals surface area contributed by atoms with Gasteiger partial charge in [-0.15, -0.1) is 0 Å². The molecule has 0 amide bonds. The fourth-order valence-corrected chi connectivity index (χ4v) is 1.93. The van der Waals surface area contributed by atoms with Crippen molar-refractivity contribution in [2.75, 3.05) is 6.54 Å². The zero-order valence-electron chi connectivity index (χ0n) is 9.17. The lowest BCUT2D eigenvalue weighted by atomic mass is 9.85. The Morgan fingerprint density at radius 3 is 2.87 bits per heavy atom. The second-order valence-electron chi connectivity index (χ2n) is 4.48. The molecule has 1 aromatic carbocycles. The van der Waals surface area contributed by atoms with Crippen LogP contribution in [-0.4, -0.2) is 6.54 Å². The zero-order chi connectivity index (χ0) is 10.7. The van der Waals surface area contributed by atoms with E-state index in [0.717, 1.165) is 18.0 Å². The first-order chi connectivity index (χ1) is 7.25. The maximum atomic E-state index is 13.0. The monoisotopic (exact) mass is 207 g/mol. The van der Waals surface area contributed by atoms with Crippen molar-refractivity contribution >= 4 is 0 Å². The van der Waals surface area contributed by atoms with Crippen LogP contribution in [-0.2, 0) is 0 Å². The van der Waals surface area contributed by atoms with E-state index in [1.807, 2.05) is 6.07 Å². The minimum absolute atomic E-state index is 0.148. The minimum Gasteiger partial charge on any atom is -0.310 e. The van der Waals surface area contributed by atoms with Crippen LogP contribution in [0.5, 0.6) is 0 Å². The molecule has 1 fully saturated rings. The van der Waals surface area contributed by atoms with Gasteiger partial charge >= 0.3 is 0 Å². The molecule has 2 heteroatoms. The van der Waals surface area contributed by atoms with Gasteiger partial charge in [-0.3, -0.25) is 0 Å². The first kappa shape index (κ1) is 10.6. The molecule has 0 bridgehead atoms. The number of nitrogens with one attached hydrogen (secondary N) is 1. The Bertz CT molecular complexity index is 320. The molecule has 0 heterocycles. The fourth-order valence-electron chi connectivity index (χ4n) is 1.93. The molecule has 1 atom stereocenters. The maximum absolute atomic E-state index is 13.0. The van der Waals surface area contributed by atoms with Gasteiger partial charge in [-0.05, 0) is 49.9 Å². The average Bonchev–Trinajstić information content (AvgIpc) is 2.15. The van der Waals surface area contributed by atoms with Crippen LogP contribution in [0.1, 0.15) is 37.8 Å². The normalized spacial score (nSPS) is 18.5. The summed E-state index contributed by atoms with van der Waals surface area (Å²) in [6.45, 7) is 3.16. The number of halogens is 1. The number of benzene rings is 1. The molecule has 1 saturated carbocycles. The Morgan fingerprint density at radius 1 is 1.47 bits per heavy atom. The molecule has 0 aliphatic heterocycles. The molecular weight excluding hydrogens is 189 g/mol. The third kappa shape index (κ3) is 2.78. The van der Waals surface area contributed by atoms with Gasteiger partial charge in [-0.25, -0.2) is 4.39 Å². The molecule has 1 aliphatic rings. The Hall–Kier alpha value is -0.890. The van der Waals surface area contributed by atoms with Crippen molar-refractivity contribution in [2.45, 2.75) is 32.2 Å². The molecule has 0 radical (unpaired) electrons. The van der Waals surface area contributed by atoms with E-state index in [4.69, 9.17) is 0 Å². The lowest BCUT2D eigenvalue weighted by molar-refractivity contribution is 0.292. The molecule has 0 unspecified atom stereocenters. The van der Waals surface area contributed by atoms with Crippen molar-refractivity contribution in [3.05, 3.63) is 35.6 Å². The predicted molar refractivity (Wildman–Crippen MR) is 60.2 cm³/mol. The highest BCUT2D eigenvalue weighted by Crippen LogP contribution is 2.26. The van der Waals surface area contributed by atoms with Crippen LogP contribution in [0.15, 0.2) is 24.3 Å². The van der Waals surface area contributed by atoms with Crippen LogP contribution in [0.2, 0.25) is 0 Å². The van der Waals surface area contributed by atoms with Gasteiger partial charge in [0.25, 0.3) is 0 Å². The van der Waals surface area contributed by atoms with Gasteiger partial charge in [-0.1, -0.05) is 18.6 Å².